The first-order valence-corrected chi connectivity index (χ1v) is 9.23. The van der Waals surface area contributed by atoms with E-state index in [1.807, 2.05) is 0 Å². The zero-order chi connectivity index (χ0) is 17.2. The topological polar surface area (TPSA) is 55.2 Å². The van der Waals surface area contributed by atoms with Gasteiger partial charge in [0.2, 0.25) is 0 Å². The van der Waals surface area contributed by atoms with E-state index in [2.05, 4.69) is 50.1 Å². The van der Waals surface area contributed by atoms with Crippen LogP contribution in [0.5, 0.6) is 5.75 Å². The molecule has 0 spiro atoms. The standard InChI is InChI=1S/C19H27N5O.ClH/c1-14-11-15(3-4-17(14)25-2)13-23-8-5-16(6-9-23)19-22-21-18-12-20-7-10-24(18)19;/h3-4,11,16,20H,5-10,12-13H2,1-2H3;1H. The third kappa shape index (κ3) is 3.87. The highest BCUT2D eigenvalue weighted by Crippen LogP contribution is 2.29. The van der Waals surface area contributed by atoms with Gasteiger partial charge in [0.1, 0.15) is 17.4 Å². The highest BCUT2D eigenvalue weighted by Gasteiger charge is 2.27. The zero-order valence-electron chi connectivity index (χ0n) is 15.6. The highest BCUT2D eigenvalue weighted by atomic mass is 35.5. The summed E-state index contributed by atoms with van der Waals surface area (Å²) in [4.78, 5) is 2.55. The lowest BCUT2D eigenvalue weighted by Crippen LogP contribution is -2.34. The normalized spacial score (nSPS) is 18.2. The van der Waals surface area contributed by atoms with Crippen molar-refractivity contribution in [1.82, 2.24) is 25.0 Å². The zero-order valence-corrected chi connectivity index (χ0v) is 16.4. The summed E-state index contributed by atoms with van der Waals surface area (Å²) in [6.45, 7) is 8.24. The molecule has 3 heterocycles. The minimum Gasteiger partial charge on any atom is -0.496 e. The van der Waals surface area contributed by atoms with Gasteiger partial charge in [-0.3, -0.25) is 4.90 Å². The van der Waals surface area contributed by atoms with Gasteiger partial charge in [-0.05, 0) is 50.0 Å². The van der Waals surface area contributed by atoms with Crippen LogP contribution in [0.15, 0.2) is 18.2 Å². The quantitative estimate of drug-likeness (QED) is 0.887. The first kappa shape index (κ1) is 19.1. The summed E-state index contributed by atoms with van der Waals surface area (Å²) in [5.74, 6) is 3.82. The summed E-state index contributed by atoms with van der Waals surface area (Å²) in [5, 5.41) is 12.2. The maximum atomic E-state index is 5.36. The lowest BCUT2D eigenvalue weighted by Gasteiger charge is -2.32. The molecule has 0 amide bonds. The average molecular weight is 378 g/mol. The van der Waals surface area contributed by atoms with E-state index in [4.69, 9.17) is 4.74 Å². The molecule has 2 aromatic rings. The van der Waals surface area contributed by atoms with Gasteiger partial charge in [-0.15, -0.1) is 22.6 Å². The second-order valence-electron chi connectivity index (χ2n) is 7.16. The Kier molecular flexibility index (Phi) is 6.16. The van der Waals surface area contributed by atoms with Crippen molar-refractivity contribution >= 4 is 12.4 Å². The number of aryl methyl sites for hydroxylation is 1. The first-order chi connectivity index (χ1) is 12.2. The van der Waals surface area contributed by atoms with Crippen molar-refractivity contribution in [3.63, 3.8) is 0 Å². The van der Waals surface area contributed by atoms with E-state index >= 15 is 0 Å². The summed E-state index contributed by atoms with van der Waals surface area (Å²) in [6, 6.07) is 6.50. The number of hydrogen-bond acceptors (Lipinski definition) is 5. The number of nitrogens with zero attached hydrogens (tertiary/aromatic N) is 4. The minimum absolute atomic E-state index is 0. The Balaban J connectivity index is 0.00000196. The number of nitrogens with one attached hydrogen (secondary N) is 1. The predicted molar refractivity (Wildman–Crippen MR) is 104 cm³/mol. The number of halogens is 1. The molecule has 4 rings (SSSR count). The molecule has 0 saturated carbocycles. The highest BCUT2D eigenvalue weighted by molar-refractivity contribution is 5.85. The number of likely N-dealkylation sites (tertiary alicyclic amines) is 1. The second kappa shape index (κ2) is 8.37. The molecule has 26 heavy (non-hydrogen) atoms. The van der Waals surface area contributed by atoms with Gasteiger partial charge in [-0.25, -0.2) is 0 Å². The molecule has 0 bridgehead atoms. The molecule has 1 aromatic carbocycles. The van der Waals surface area contributed by atoms with E-state index in [1.165, 1.54) is 29.8 Å². The Morgan fingerprint density at radius 2 is 2.00 bits per heavy atom. The average Bonchev–Trinajstić information content (AvgIpc) is 3.07. The molecule has 6 nitrogen and oxygen atoms in total. The van der Waals surface area contributed by atoms with Crippen molar-refractivity contribution in [3.8, 4) is 5.75 Å². The molecule has 0 aliphatic carbocycles. The molecule has 2 aliphatic rings. The fourth-order valence-corrected chi connectivity index (χ4v) is 4.06. The van der Waals surface area contributed by atoms with Gasteiger partial charge in [-0.1, -0.05) is 12.1 Å². The fraction of sp³-hybridized carbons (Fsp3) is 0.579. The minimum atomic E-state index is 0. The molecule has 2 aliphatic heterocycles. The number of benzene rings is 1. The molecule has 7 heteroatoms. The van der Waals surface area contributed by atoms with E-state index in [-0.39, 0.29) is 12.4 Å². The van der Waals surface area contributed by atoms with E-state index in [0.717, 1.165) is 50.8 Å². The molecule has 142 valence electrons. The number of methoxy groups -OCH3 is 1. The molecule has 1 fully saturated rings. The predicted octanol–water partition coefficient (Wildman–Crippen LogP) is 2.50. The molecule has 1 N–H and O–H groups in total. The van der Waals surface area contributed by atoms with E-state index < -0.39 is 0 Å². The number of hydrogen-bond donors (Lipinski definition) is 1. The van der Waals surface area contributed by atoms with Crippen molar-refractivity contribution in [3.05, 3.63) is 41.0 Å². The Morgan fingerprint density at radius 3 is 2.73 bits per heavy atom. The maximum Gasteiger partial charge on any atom is 0.147 e. The molecular weight excluding hydrogens is 350 g/mol. The van der Waals surface area contributed by atoms with Crippen LogP contribution >= 0.6 is 12.4 Å². The van der Waals surface area contributed by atoms with Gasteiger partial charge in [0.05, 0.1) is 13.7 Å². The van der Waals surface area contributed by atoms with Crippen LogP contribution in [0.25, 0.3) is 0 Å². The van der Waals surface area contributed by atoms with Crippen molar-refractivity contribution in [2.45, 2.75) is 45.3 Å². The van der Waals surface area contributed by atoms with Crippen molar-refractivity contribution < 1.29 is 4.74 Å². The molecule has 1 saturated heterocycles. The van der Waals surface area contributed by atoms with E-state index in [9.17, 15) is 0 Å². The third-order valence-electron chi connectivity index (χ3n) is 5.47. The van der Waals surface area contributed by atoms with Crippen molar-refractivity contribution in [1.29, 1.82) is 0 Å². The summed E-state index contributed by atoms with van der Waals surface area (Å²) < 4.78 is 7.69. The molecule has 0 unspecified atom stereocenters. The van der Waals surface area contributed by atoms with Crippen LogP contribution in [0.4, 0.5) is 0 Å². The van der Waals surface area contributed by atoms with Crippen LogP contribution in [0.2, 0.25) is 0 Å². The molecular formula is C19H28ClN5O. The maximum absolute atomic E-state index is 5.36. The molecule has 0 radical (unpaired) electrons. The van der Waals surface area contributed by atoms with Crippen LogP contribution in [0.1, 0.15) is 41.5 Å². The van der Waals surface area contributed by atoms with Gasteiger partial charge in [-0.2, -0.15) is 0 Å². The Hall–Kier alpha value is -1.63. The van der Waals surface area contributed by atoms with Gasteiger partial charge >= 0.3 is 0 Å². The summed E-state index contributed by atoms with van der Waals surface area (Å²) in [5.41, 5.74) is 2.57. The Labute approximate surface area is 161 Å². The fourth-order valence-electron chi connectivity index (χ4n) is 4.06. The lowest BCUT2D eigenvalue weighted by molar-refractivity contribution is 0.199. The van der Waals surface area contributed by atoms with Crippen LogP contribution in [0.3, 0.4) is 0 Å². The van der Waals surface area contributed by atoms with Gasteiger partial charge < -0.3 is 14.6 Å². The van der Waals surface area contributed by atoms with Crippen LogP contribution in [-0.4, -0.2) is 46.4 Å². The van der Waals surface area contributed by atoms with Crippen molar-refractivity contribution in [2.75, 3.05) is 26.7 Å². The van der Waals surface area contributed by atoms with Gasteiger partial charge in [0.25, 0.3) is 0 Å². The third-order valence-corrected chi connectivity index (χ3v) is 5.47. The van der Waals surface area contributed by atoms with E-state index in [1.54, 1.807) is 7.11 Å². The number of rotatable bonds is 4. The number of piperidine rings is 1. The Bertz CT molecular complexity index is 740. The largest absolute Gasteiger partial charge is 0.496 e. The number of fused-ring (bicyclic) bond motifs is 1. The van der Waals surface area contributed by atoms with E-state index in [0.29, 0.717) is 5.92 Å². The van der Waals surface area contributed by atoms with Gasteiger partial charge in [0, 0.05) is 25.6 Å². The van der Waals surface area contributed by atoms with Gasteiger partial charge in [0.15, 0.2) is 0 Å². The van der Waals surface area contributed by atoms with Crippen LogP contribution < -0.4 is 10.1 Å². The number of aromatic nitrogens is 3. The second-order valence-corrected chi connectivity index (χ2v) is 7.16. The SMILES string of the molecule is COc1ccc(CN2CCC(c3nnc4n3CCNC4)CC2)cc1C.Cl. The first-order valence-electron chi connectivity index (χ1n) is 9.23. The summed E-state index contributed by atoms with van der Waals surface area (Å²) >= 11 is 0. The van der Waals surface area contributed by atoms with Crippen LogP contribution in [-0.2, 0) is 19.6 Å². The molecule has 1 aromatic heterocycles. The summed E-state index contributed by atoms with van der Waals surface area (Å²) in [7, 11) is 1.73. The smallest absolute Gasteiger partial charge is 0.147 e. The van der Waals surface area contributed by atoms with Crippen molar-refractivity contribution in [2.24, 2.45) is 0 Å². The summed E-state index contributed by atoms with van der Waals surface area (Å²) in [6.07, 6.45) is 2.33. The van der Waals surface area contributed by atoms with Crippen LogP contribution in [0, 0.1) is 6.92 Å². The Morgan fingerprint density at radius 1 is 1.19 bits per heavy atom. The molecule has 0 atom stereocenters. The lowest BCUT2D eigenvalue weighted by atomic mass is 9.95. The number of ether oxygens (including phenoxy) is 1. The monoisotopic (exact) mass is 377 g/mol.